The van der Waals surface area contributed by atoms with Crippen LogP contribution in [-0.4, -0.2) is 16.5 Å². The molecule has 0 aromatic carbocycles. The van der Waals surface area contributed by atoms with Crippen molar-refractivity contribution in [1.29, 1.82) is 0 Å². The Labute approximate surface area is 130 Å². The van der Waals surface area contributed by atoms with Crippen LogP contribution in [0.1, 0.15) is 25.0 Å². The van der Waals surface area contributed by atoms with Crippen molar-refractivity contribution in [2.75, 3.05) is 17.2 Å². The van der Waals surface area contributed by atoms with E-state index in [4.69, 9.17) is 4.98 Å². The number of nitrogens with one attached hydrogen (secondary N) is 3. The summed E-state index contributed by atoms with van der Waals surface area (Å²) < 4.78 is 0. The molecule has 0 atom stereocenters. The largest absolute Gasteiger partial charge is 0.387 e. The standard InChI is InChI=1S/C17H21N5/c1-12(2)10-20-17-14-11-18-8-6-13(14)9-16(22-17)21-15-5-3-4-7-19-15/h3-9,12,18H,10-11H2,1-2H3,(H2,19,20,21,22). The van der Waals surface area contributed by atoms with Crippen LogP contribution in [0.3, 0.4) is 0 Å². The van der Waals surface area contributed by atoms with E-state index in [1.165, 1.54) is 11.1 Å². The summed E-state index contributed by atoms with van der Waals surface area (Å²) in [5, 5.41) is 9.96. The Bertz CT molecular complexity index is 664. The van der Waals surface area contributed by atoms with Crippen LogP contribution >= 0.6 is 0 Å². The predicted molar refractivity (Wildman–Crippen MR) is 91.0 cm³/mol. The van der Waals surface area contributed by atoms with Gasteiger partial charge >= 0.3 is 0 Å². The molecule has 3 heterocycles. The molecule has 2 aromatic rings. The van der Waals surface area contributed by atoms with Crippen molar-refractivity contribution in [3.63, 3.8) is 0 Å². The molecular formula is C17H21N5. The molecule has 3 rings (SSSR count). The monoisotopic (exact) mass is 295 g/mol. The molecule has 0 amide bonds. The summed E-state index contributed by atoms with van der Waals surface area (Å²) in [7, 11) is 0. The lowest BCUT2D eigenvalue weighted by atomic mass is 10.1. The van der Waals surface area contributed by atoms with Crippen molar-refractivity contribution in [2.45, 2.75) is 20.4 Å². The Hall–Kier alpha value is -2.56. The van der Waals surface area contributed by atoms with Gasteiger partial charge in [0.2, 0.25) is 0 Å². The summed E-state index contributed by atoms with van der Waals surface area (Å²) >= 11 is 0. The summed E-state index contributed by atoms with van der Waals surface area (Å²) in [6.07, 6.45) is 5.81. The zero-order valence-corrected chi connectivity index (χ0v) is 12.9. The van der Waals surface area contributed by atoms with Gasteiger partial charge in [-0.3, -0.25) is 0 Å². The molecule has 5 nitrogen and oxygen atoms in total. The maximum atomic E-state index is 4.72. The number of anilines is 3. The Balaban J connectivity index is 1.91. The normalized spacial score (nSPS) is 12.7. The second-order valence-corrected chi connectivity index (χ2v) is 5.75. The minimum absolute atomic E-state index is 0.567. The van der Waals surface area contributed by atoms with Crippen LogP contribution in [0.15, 0.2) is 36.7 Å². The smallest absolute Gasteiger partial charge is 0.134 e. The van der Waals surface area contributed by atoms with E-state index in [1.807, 2.05) is 24.4 Å². The van der Waals surface area contributed by atoms with Crippen LogP contribution < -0.4 is 16.0 Å². The van der Waals surface area contributed by atoms with E-state index in [9.17, 15) is 0 Å². The first-order chi connectivity index (χ1) is 10.7. The molecular weight excluding hydrogens is 274 g/mol. The first kappa shape index (κ1) is 14.4. The molecule has 22 heavy (non-hydrogen) atoms. The third-order valence-electron chi connectivity index (χ3n) is 3.42. The van der Waals surface area contributed by atoms with Gasteiger partial charge in [-0.25, -0.2) is 9.97 Å². The van der Waals surface area contributed by atoms with Crippen LogP contribution in [-0.2, 0) is 6.54 Å². The van der Waals surface area contributed by atoms with E-state index in [1.54, 1.807) is 6.20 Å². The molecule has 1 aliphatic rings. The Morgan fingerprint density at radius 2 is 2.18 bits per heavy atom. The Morgan fingerprint density at radius 1 is 1.27 bits per heavy atom. The van der Waals surface area contributed by atoms with Crippen molar-refractivity contribution in [1.82, 2.24) is 15.3 Å². The van der Waals surface area contributed by atoms with E-state index in [0.29, 0.717) is 5.92 Å². The van der Waals surface area contributed by atoms with Gasteiger partial charge in [-0.05, 0) is 42.0 Å². The molecule has 5 heteroatoms. The van der Waals surface area contributed by atoms with Gasteiger partial charge in [0, 0.05) is 24.8 Å². The van der Waals surface area contributed by atoms with Gasteiger partial charge in [0.25, 0.3) is 0 Å². The van der Waals surface area contributed by atoms with Gasteiger partial charge in [-0.2, -0.15) is 0 Å². The van der Waals surface area contributed by atoms with Crippen LogP contribution in [0.5, 0.6) is 0 Å². The van der Waals surface area contributed by atoms with E-state index >= 15 is 0 Å². The van der Waals surface area contributed by atoms with Crippen molar-refractivity contribution < 1.29 is 0 Å². The zero-order valence-electron chi connectivity index (χ0n) is 12.9. The van der Waals surface area contributed by atoms with E-state index in [2.05, 4.69) is 46.9 Å². The second kappa shape index (κ2) is 6.47. The minimum atomic E-state index is 0.567. The molecule has 0 saturated heterocycles. The lowest BCUT2D eigenvalue weighted by Gasteiger charge is -2.19. The van der Waals surface area contributed by atoms with Gasteiger partial charge in [0.1, 0.15) is 17.5 Å². The van der Waals surface area contributed by atoms with Gasteiger partial charge in [-0.15, -0.1) is 0 Å². The number of pyridine rings is 2. The summed E-state index contributed by atoms with van der Waals surface area (Å²) in [6.45, 7) is 6.07. The minimum Gasteiger partial charge on any atom is -0.387 e. The predicted octanol–water partition coefficient (Wildman–Crippen LogP) is 3.36. The Morgan fingerprint density at radius 3 is 2.95 bits per heavy atom. The molecule has 0 spiro atoms. The van der Waals surface area contributed by atoms with Crippen molar-refractivity contribution in [2.24, 2.45) is 5.92 Å². The third kappa shape index (κ3) is 3.36. The maximum absolute atomic E-state index is 4.72. The average Bonchev–Trinajstić information content (AvgIpc) is 2.53. The number of nitrogens with zero attached hydrogens (tertiary/aromatic N) is 2. The summed E-state index contributed by atoms with van der Waals surface area (Å²) in [5.74, 6) is 3.09. The first-order valence-electron chi connectivity index (χ1n) is 7.58. The van der Waals surface area contributed by atoms with E-state index < -0.39 is 0 Å². The second-order valence-electron chi connectivity index (χ2n) is 5.75. The SMILES string of the molecule is CC(C)CNc1nc(Nc2ccccn2)cc2c1CNC=C2. The highest BCUT2D eigenvalue weighted by atomic mass is 15.1. The quantitative estimate of drug-likeness (QED) is 0.789. The zero-order chi connectivity index (χ0) is 15.4. The number of fused-ring (bicyclic) bond motifs is 1. The van der Waals surface area contributed by atoms with Crippen molar-refractivity contribution in [3.05, 3.63) is 47.8 Å². The average molecular weight is 295 g/mol. The molecule has 0 radical (unpaired) electrons. The topological polar surface area (TPSA) is 61.9 Å². The lowest BCUT2D eigenvalue weighted by molar-refractivity contribution is 0.685. The fourth-order valence-corrected chi connectivity index (χ4v) is 2.31. The number of hydrogen-bond acceptors (Lipinski definition) is 5. The van der Waals surface area contributed by atoms with Crippen LogP contribution in [0.2, 0.25) is 0 Å². The molecule has 1 aliphatic heterocycles. The number of aromatic nitrogens is 2. The highest BCUT2D eigenvalue weighted by molar-refractivity contribution is 5.69. The molecule has 0 unspecified atom stereocenters. The van der Waals surface area contributed by atoms with Crippen molar-refractivity contribution >= 4 is 23.5 Å². The molecule has 2 aromatic heterocycles. The van der Waals surface area contributed by atoms with Gasteiger partial charge < -0.3 is 16.0 Å². The Kier molecular flexibility index (Phi) is 4.23. The van der Waals surface area contributed by atoms with E-state index in [0.717, 1.165) is 30.5 Å². The molecule has 0 bridgehead atoms. The molecule has 0 fully saturated rings. The summed E-state index contributed by atoms with van der Waals surface area (Å²) in [6, 6.07) is 7.84. The molecule has 0 aliphatic carbocycles. The van der Waals surface area contributed by atoms with E-state index in [-0.39, 0.29) is 0 Å². The van der Waals surface area contributed by atoms with Crippen LogP contribution in [0, 0.1) is 5.92 Å². The van der Waals surface area contributed by atoms with Crippen LogP contribution in [0.25, 0.3) is 6.08 Å². The fraction of sp³-hybridized carbons (Fsp3) is 0.294. The van der Waals surface area contributed by atoms with Gasteiger partial charge in [-0.1, -0.05) is 19.9 Å². The van der Waals surface area contributed by atoms with Crippen LogP contribution in [0.4, 0.5) is 17.5 Å². The molecule has 114 valence electrons. The highest BCUT2D eigenvalue weighted by Crippen LogP contribution is 2.26. The summed E-state index contributed by atoms with van der Waals surface area (Å²) in [4.78, 5) is 9.01. The van der Waals surface area contributed by atoms with Gasteiger partial charge in [0.15, 0.2) is 0 Å². The molecule has 0 saturated carbocycles. The molecule has 3 N–H and O–H groups in total. The third-order valence-corrected chi connectivity index (χ3v) is 3.42. The first-order valence-corrected chi connectivity index (χ1v) is 7.58. The highest BCUT2D eigenvalue weighted by Gasteiger charge is 2.13. The lowest BCUT2D eigenvalue weighted by Crippen LogP contribution is -2.17. The number of rotatable bonds is 5. The summed E-state index contributed by atoms with van der Waals surface area (Å²) in [5.41, 5.74) is 2.38. The van der Waals surface area contributed by atoms with Gasteiger partial charge in [0.05, 0.1) is 0 Å². The van der Waals surface area contributed by atoms with Crippen molar-refractivity contribution in [3.8, 4) is 0 Å². The fourth-order valence-electron chi connectivity index (χ4n) is 2.31. The number of hydrogen-bond donors (Lipinski definition) is 3. The maximum Gasteiger partial charge on any atom is 0.134 e.